The van der Waals surface area contributed by atoms with E-state index in [9.17, 15) is 0 Å². The normalized spacial score (nSPS) is 13.2. The fraction of sp³-hybridized carbons (Fsp3) is 0.0769. The summed E-state index contributed by atoms with van der Waals surface area (Å²) < 4.78 is 7.48. The molecule has 384 valence electrons. The quantitative estimate of drug-likeness (QED) is 0.141. The van der Waals surface area contributed by atoms with Gasteiger partial charge in [0, 0.05) is 49.4 Å². The molecule has 3 heterocycles. The lowest BCUT2D eigenvalue weighted by Gasteiger charge is -2.25. The van der Waals surface area contributed by atoms with E-state index in [0.29, 0.717) is 0 Å². The number of fused-ring (bicyclic) bond motifs is 11. The maximum atomic E-state index is 2.54. The number of allylic oxidation sites excluding steroid dienone is 4. The molecular formula is C78H57N3. The van der Waals surface area contributed by atoms with Crippen LogP contribution < -0.4 is 0 Å². The Morgan fingerprint density at radius 1 is 0.272 bits per heavy atom. The fourth-order valence-corrected chi connectivity index (χ4v) is 14.2. The van der Waals surface area contributed by atoms with E-state index in [0.717, 1.165) is 18.5 Å². The van der Waals surface area contributed by atoms with E-state index in [-0.39, 0.29) is 0 Å². The molecule has 1 aliphatic rings. The molecule has 0 saturated heterocycles. The van der Waals surface area contributed by atoms with Crippen LogP contribution >= 0.6 is 0 Å². The number of nitrogens with zero attached hydrogens (tertiary/aromatic N) is 3. The zero-order chi connectivity index (χ0) is 54.0. The largest absolute Gasteiger partial charge is 0.313 e. The van der Waals surface area contributed by atoms with Gasteiger partial charge in [-0.2, -0.15) is 0 Å². The predicted molar refractivity (Wildman–Crippen MR) is 346 cm³/mol. The molecule has 1 aliphatic carbocycles. The first kappa shape index (κ1) is 47.1. The van der Waals surface area contributed by atoms with Crippen molar-refractivity contribution in [1.29, 1.82) is 0 Å². The Kier molecular flexibility index (Phi) is 10.6. The summed E-state index contributed by atoms with van der Waals surface area (Å²) in [6.07, 6.45) is 1.92. The van der Waals surface area contributed by atoms with E-state index in [1.807, 2.05) is 0 Å². The number of benzene rings is 12. The third-order valence-corrected chi connectivity index (χ3v) is 18.3. The van der Waals surface area contributed by atoms with Crippen molar-refractivity contribution in [1.82, 2.24) is 13.7 Å². The molecule has 0 saturated carbocycles. The maximum absolute atomic E-state index is 2.54. The molecule has 0 atom stereocenters. The standard InChI is InChI=1S/C78H57N3/c1-48-50(3)69(80-71-30-16-12-22-59(71)60-23-13-17-31-72(60)80)44-40-57(48)54-36-42-75-67(46-54)68-47-55(58-41-45-70(51(4)49(58)2)81-73-32-18-14-24-61(73)62-25-15-19-33-74(62)81)37-43-76(68)79(75)56-38-34-53(35-39-56)78-65-28-10-8-26-63(65)77(52-20-6-5-7-21-52)64-27-9-11-29-66(64)78/h5-40,42-44,46-47H,41,45H2,1-4H3. The van der Waals surface area contributed by atoms with E-state index in [4.69, 9.17) is 0 Å². The van der Waals surface area contributed by atoms with Crippen LogP contribution in [0.5, 0.6) is 0 Å². The zero-order valence-electron chi connectivity index (χ0n) is 45.9. The van der Waals surface area contributed by atoms with E-state index in [2.05, 4.69) is 290 Å². The van der Waals surface area contributed by atoms with Crippen LogP contribution in [-0.2, 0) is 0 Å². The molecular weight excluding hydrogens is 979 g/mol. The second-order valence-corrected chi connectivity index (χ2v) is 22.4. The topological polar surface area (TPSA) is 14.8 Å². The number of hydrogen-bond acceptors (Lipinski definition) is 0. The molecule has 0 amide bonds. The second kappa shape index (κ2) is 18.3. The van der Waals surface area contributed by atoms with Gasteiger partial charge in [-0.3, -0.25) is 0 Å². The lowest BCUT2D eigenvalue weighted by Crippen LogP contribution is -2.07. The van der Waals surface area contributed by atoms with Gasteiger partial charge in [-0.1, -0.05) is 182 Å². The van der Waals surface area contributed by atoms with Crippen molar-refractivity contribution in [2.75, 3.05) is 0 Å². The molecule has 3 nitrogen and oxygen atoms in total. The Balaban J connectivity index is 0.866. The van der Waals surface area contributed by atoms with Gasteiger partial charge in [0.15, 0.2) is 0 Å². The average Bonchev–Trinajstić information content (AvgIpc) is 3.99. The van der Waals surface area contributed by atoms with Crippen LogP contribution in [0.4, 0.5) is 0 Å². The Labute approximate surface area is 471 Å². The number of aromatic nitrogens is 3. The van der Waals surface area contributed by atoms with E-state index < -0.39 is 0 Å². The zero-order valence-corrected chi connectivity index (χ0v) is 45.9. The molecule has 0 spiro atoms. The fourth-order valence-electron chi connectivity index (χ4n) is 14.2. The summed E-state index contributed by atoms with van der Waals surface area (Å²) in [5.74, 6) is 0. The smallest absolute Gasteiger partial charge is 0.0541 e. The SMILES string of the molecule is CC1=C(c2ccc3c(c2)c2cc(-c4ccc(-n5c6ccccc6c6ccccc65)c(C)c4C)ccc2n3-c2ccc(-c3c4ccccc4c(-c4ccccc4)c4ccccc34)cc2)CCC(n2c3ccccc3c3ccccc32)=C1C. The van der Waals surface area contributed by atoms with Crippen LogP contribution in [0.3, 0.4) is 0 Å². The summed E-state index contributed by atoms with van der Waals surface area (Å²) in [7, 11) is 0. The van der Waals surface area contributed by atoms with E-state index >= 15 is 0 Å². The lowest BCUT2D eigenvalue weighted by atomic mass is 9.85. The van der Waals surface area contributed by atoms with Crippen LogP contribution in [0, 0.1) is 13.8 Å². The third kappa shape index (κ3) is 7.08. The maximum Gasteiger partial charge on any atom is 0.0541 e. The van der Waals surface area contributed by atoms with Gasteiger partial charge in [0.05, 0.1) is 33.1 Å². The van der Waals surface area contributed by atoms with Crippen molar-refractivity contribution in [2.24, 2.45) is 0 Å². The van der Waals surface area contributed by atoms with Crippen LogP contribution in [-0.4, -0.2) is 13.7 Å². The Hall–Kier alpha value is -9.96. The Morgan fingerprint density at radius 3 is 1.20 bits per heavy atom. The predicted octanol–water partition coefficient (Wildman–Crippen LogP) is 21.4. The first-order valence-electron chi connectivity index (χ1n) is 28.6. The highest BCUT2D eigenvalue weighted by atomic mass is 15.0. The van der Waals surface area contributed by atoms with Gasteiger partial charge in [0.25, 0.3) is 0 Å². The number of rotatable bonds is 7. The van der Waals surface area contributed by atoms with E-state index in [1.54, 1.807) is 0 Å². The first-order chi connectivity index (χ1) is 39.9. The highest BCUT2D eigenvalue weighted by Crippen LogP contribution is 2.47. The number of hydrogen-bond donors (Lipinski definition) is 0. The molecule has 12 aromatic carbocycles. The second-order valence-electron chi connectivity index (χ2n) is 22.4. The monoisotopic (exact) mass is 1040 g/mol. The highest BCUT2D eigenvalue weighted by Gasteiger charge is 2.25. The van der Waals surface area contributed by atoms with Gasteiger partial charge in [0.1, 0.15) is 0 Å². The van der Waals surface area contributed by atoms with Crippen molar-refractivity contribution in [3.63, 3.8) is 0 Å². The Bertz CT molecular complexity index is 5020. The lowest BCUT2D eigenvalue weighted by molar-refractivity contribution is 0.957. The van der Waals surface area contributed by atoms with Crippen LogP contribution in [0.2, 0.25) is 0 Å². The van der Waals surface area contributed by atoms with Gasteiger partial charge in [-0.05, 0) is 196 Å². The molecule has 15 aromatic rings. The minimum atomic E-state index is 0.959. The number of para-hydroxylation sites is 4. The third-order valence-electron chi connectivity index (χ3n) is 18.3. The molecule has 3 heteroatoms. The van der Waals surface area contributed by atoms with E-state index in [1.165, 1.54) is 165 Å². The molecule has 81 heavy (non-hydrogen) atoms. The van der Waals surface area contributed by atoms with Gasteiger partial charge in [0.2, 0.25) is 0 Å². The van der Waals surface area contributed by atoms with Gasteiger partial charge in [-0.25, -0.2) is 0 Å². The molecule has 3 aromatic heterocycles. The molecule has 0 fully saturated rings. The van der Waals surface area contributed by atoms with Crippen LogP contribution in [0.15, 0.2) is 260 Å². The van der Waals surface area contributed by atoms with Gasteiger partial charge in [-0.15, -0.1) is 0 Å². The summed E-state index contributed by atoms with van der Waals surface area (Å²) in [5.41, 5.74) is 26.6. The summed E-state index contributed by atoms with van der Waals surface area (Å²) in [5, 5.41) is 12.7. The minimum absolute atomic E-state index is 0.959. The van der Waals surface area contributed by atoms with Crippen molar-refractivity contribution in [3.8, 4) is 44.8 Å². The van der Waals surface area contributed by atoms with Gasteiger partial charge < -0.3 is 13.7 Å². The van der Waals surface area contributed by atoms with Crippen LogP contribution in [0.25, 0.3) is 143 Å². The van der Waals surface area contributed by atoms with Gasteiger partial charge >= 0.3 is 0 Å². The molecule has 0 aliphatic heterocycles. The molecule has 0 bridgehead atoms. The summed E-state index contributed by atoms with van der Waals surface area (Å²) in [4.78, 5) is 0. The molecule has 0 unspecified atom stereocenters. The van der Waals surface area contributed by atoms with Crippen LogP contribution in [0.1, 0.15) is 43.4 Å². The summed E-state index contributed by atoms with van der Waals surface area (Å²) in [6, 6.07) is 92.7. The van der Waals surface area contributed by atoms with Crippen molar-refractivity contribution < 1.29 is 0 Å². The Morgan fingerprint density at radius 2 is 0.679 bits per heavy atom. The highest BCUT2D eigenvalue weighted by molar-refractivity contribution is 6.22. The van der Waals surface area contributed by atoms with Crippen molar-refractivity contribution in [3.05, 3.63) is 277 Å². The minimum Gasteiger partial charge on any atom is -0.313 e. The summed E-state index contributed by atoms with van der Waals surface area (Å²) >= 11 is 0. The first-order valence-corrected chi connectivity index (χ1v) is 28.6. The summed E-state index contributed by atoms with van der Waals surface area (Å²) in [6.45, 7) is 9.29. The van der Waals surface area contributed by atoms with Crippen molar-refractivity contribution >= 4 is 98.2 Å². The van der Waals surface area contributed by atoms with Crippen molar-refractivity contribution in [2.45, 2.75) is 40.5 Å². The molecule has 16 rings (SSSR count). The molecule has 0 radical (unpaired) electrons. The average molecular weight is 1040 g/mol. The molecule has 0 N–H and O–H groups in total.